The molecule has 1 saturated heterocycles. The number of benzene rings is 2. The first-order chi connectivity index (χ1) is 12.2. The van der Waals surface area contributed by atoms with E-state index in [9.17, 15) is 4.79 Å². The van der Waals surface area contributed by atoms with Gasteiger partial charge in [-0.3, -0.25) is 9.69 Å². The summed E-state index contributed by atoms with van der Waals surface area (Å²) in [5.41, 5.74) is 2.38. The second-order valence-electron chi connectivity index (χ2n) is 6.74. The van der Waals surface area contributed by atoms with Gasteiger partial charge < -0.3 is 10.6 Å². The molecule has 1 unspecified atom stereocenters. The zero-order chi connectivity index (χ0) is 17.5. The molecule has 4 heteroatoms. The average molecular weight is 337 g/mol. The largest absolute Gasteiger partial charge is 0.348 e. The van der Waals surface area contributed by atoms with Crippen LogP contribution < -0.4 is 10.6 Å². The topological polar surface area (TPSA) is 44.4 Å². The number of nitrogens with zero attached hydrogens (tertiary/aromatic N) is 1. The summed E-state index contributed by atoms with van der Waals surface area (Å²) in [5.74, 6) is 0.0959. The summed E-state index contributed by atoms with van der Waals surface area (Å²) in [6, 6.07) is 20.9. The van der Waals surface area contributed by atoms with Crippen molar-refractivity contribution < 1.29 is 4.79 Å². The summed E-state index contributed by atoms with van der Waals surface area (Å²) in [5, 5.41) is 6.61. The van der Waals surface area contributed by atoms with Gasteiger partial charge in [-0.25, -0.2) is 0 Å². The zero-order valence-corrected chi connectivity index (χ0v) is 14.8. The molecule has 0 radical (unpaired) electrons. The van der Waals surface area contributed by atoms with E-state index in [0.717, 1.165) is 31.6 Å². The molecule has 1 heterocycles. The van der Waals surface area contributed by atoms with Crippen LogP contribution in [0.15, 0.2) is 60.7 Å². The van der Waals surface area contributed by atoms with Crippen molar-refractivity contribution in [2.45, 2.75) is 25.4 Å². The standard InChI is InChI=1S/C21H27N3O/c1-17-15-22-12-13-24(17)16-21(25)23-20(19-10-6-3-7-11-19)14-18-8-4-2-5-9-18/h2-11,17,20,22H,12-16H2,1H3,(H,23,25)/t17-,20?/m0/s1. The predicted octanol–water partition coefficient (Wildman–Crippen LogP) is 2.38. The molecule has 1 amide bonds. The number of rotatable bonds is 6. The van der Waals surface area contributed by atoms with Crippen LogP contribution in [-0.4, -0.2) is 43.0 Å². The Morgan fingerprint density at radius 1 is 1.16 bits per heavy atom. The number of nitrogens with one attached hydrogen (secondary N) is 2. The van der Waals surface area contributed by atoms with Crippen molar-refractivity contribution >= 4 is 5.91 Å². The zero-order valence-electron chi connectivity index (χ0n) is 14.8. The lowest BCUT2D eigenvalue weighted by Crippen LogP contribution is -2.53. The molecule has 1 aliphatic rings. The highest BCUT2D eigenvalue weighted by molar-refractivity contribution is 5.78. The summed E-state index contributed by atoms with van der Waals surface area (Å²) in [6.45, 7) is 5.44. The molecule has 2 aromatic carbocycles. The molecular formula is C21H27N3O. The van der Waals surface area contributed by atoms with Gasteiger partial charge in [0, 0.05) is 25.7 Å². The van der Waals surface area contributed by atoms with E-state index in [0.29, 0.717) is 12.6 Å². The highest BCUT2D eigenvalue weighted by Crippen LogP contribution is 2.18. The maximum absolute atomic E-state index is 12.7. The third-order valence-electron chi connectivity index (χ3n) is 4.81. The van der Waals surface area contributed by atoms with Crippen molar-refractivity contribution in [3.63, 3.8) is 0 Å². The molecule has 4 nitrogen and oxygen atoms in total. The predicted molar refractivity (Wildman–Crippen MR) is 101 cm³/mol. The molecule has 0 spiro atoms. The molecule has 3 rings (SSSR count). The molecule has 2 N–H and O–H groups in total. The second-order valence-corrected chi connectivity index (χ2v) is 6.74. The van der Waals surface area contributed by atoms with Gasteiger partial charge in [0.2, 0.25) is 5.91 Å². The summed E-state index contributed by atoms with van der Waals surface area (Å²) in [6.07, 6.45) is 0.799. The number of carbonyl (C=O) groups is 1. The third kappa shape index (κ3) is 5.15. The van der Waals surface area contributed by atoms with Gasteiger partial charge in [-0.2, -0.15) is 0 Å². The van der Waals surface area contributed by atoms with Crippen molar-refractivity contribution in [3.05, 3.63) is 71.8 Å². The van der Waals surface area contributed by atoms with E-state index in [-0.39, 0.29) is 11.9 Å². The van der Waals surface area contributed by atoms with Crippen LogP contribution in [0.5, 0.6) is 0 Å². The molecule has 1 fully saturated rings. The second kappa shape index (κ2) is 8.79. The number of piperazine rings is 1. The van der Waals surface area contributed by atoms with Gasteiger partial charge in [0.15, 0.2) is 0 Å². The van der Waals surface area contributed by atoms with Gasteiger partial charge in [0.1, 0.15) is 0 Å². The van der Waals surface area contributed by atoms with E-state index in [1.54, 1.807) is 0 Å². The van der Waals surface area contributed by atoms with E-state index < -0.39 is 0 Å². The van der Waals surface area contributed by atoms with E-state index in [1.807, 2.05) is 36.4 Å². The Morgan fingerprint density at radius 2 is 1.84 bits per heavy atom. The fourth-order valence-electron chi connectivity index (χ4n) is 3.33. The summed E-state index contributed by atoms with van der Waals surface area (Å²) < 4.78 is 0. The Hall–Kier alpha value is -2.17. The van der Waals surface area contributed by atoms with Gasteiger partial charge in [-0.1, -0.05) is 60.7 Å². The van der Waals surface area contributed by atoms with Gasteiger partial charge in [-0.05, 0) is 24.5 Å². The first-order valence-electron chi connectivity index (χ1n) is 9.05. The normalized spacial score (nSPS) is 19.3. The van der Waals surface area contributed by atoms with Crippen LogP contribution in [-0.2, 0) is 11.2 Å². The smallest absolute Gasteiger partial charge is 0.234 e. The van der Waals surface area contributed by atoms with Crippen molar-refractivity contribution in [3.8, 4) is 0 Å². The molecule has 0 saturated carbocycles. The van der Waals surface area contributed by atoms with Crippen LogP contribution in [0, 0.1) is 0 Å². The Labute approximate surface area is 150 Å². The van der Waals surface area contributed by atoms with Gasteiger partial charge >= 0.3 is 0 Å². The maximum atomic E-state index is 12.7. The number of amides is 1. The number of hydrogen-bond donors (Lipinski definition) is 2. The van der Waals surface area contributed by atoms with Crippen molar-refractivity contribution in [1.82, 2.24) is 15.5 Å². The quantitative estimate of drug-likeness (QED) is 0.851. The van der Waals surface area contributed by atoms with E-state index in [2.05, 4.69) is 46.7 Å². The molecule has 0 bridgehead atoms. The summed E-state index contributed by atoms with van der Waals surface area (Å²) in [7, 11) is 0. The van der Waals surface area contributed by atoms with Crippen LogP contribution in [0.25, 0.3) is 0 Å². The Balaban J connectivity index is 1.67. The summed E-state index contributed by atoms with van der Waals surface area (Å²) in [4.78, 5) is 14.9. The van der Waals surface area contributed by atoms with Gasteiger partial charge in [0.05, 0.1) is 12.6 Å². The van der Waals surface area contributed by atoms with Crippen molar-refractivity contribution in [2.24, 2.45) is 0 Å². The minimum Gasteiger partial charge on any atom is -0.348 e. The molecule has 1 aliphatic heterocycles. The van der Waals surface area contributed by atoms with E-state index in [4.69, 9.17) is 0 Å². The lowest BCUT2D eigenvalue weighted by molar-refractivity contribution is -0.123. The minimum absolute atomic E-state index is 0.00526. The first kappa shape index (κ1) is 17.6. The van der Waals surface area contributed by atoms with Gasteiger partial charge in [-0.15, -0.1) is 0 Å². The minimum atomic E-state index is -0.00526. The molecule has 2 atom stereocenters. The number of hydrogen-bond acceptors (Lipinski definition) is 3. The number of carbonyl (C=O) groups excluding carboxylic acids is 1. The highest BCUT2D eigenvalue weighted by atomic mass is 16.2. The third-order valence-corrected chi connectivity index (χ3v) is 4.81. The summed E-state index contributed by atoms with van der Waals surface area (Å²) >= 11 is 0. The lowest BCUT2D eigenvalue weighted by atomic mass is 9.99. The fourth-order valence-corrected chi connectivity index (χ4v) is 3.33. The molecule has 2 aromatic rings. The van der Waals surface area contributed by atoms with Crippen LogP contribution in [0.4, 0.5) is 0 Å². The van der Waals surface area contributed by atoms with Gasteiger partial charge in [0.25, 0.3) is 0 Å². The first-order valence-corrected chi connectivity index (χ1v) is 9.05. The van der Waals surface area contributed by atoms with Crippen molar-refractivity contribution in [2.75, 3.05) is 26.2 Å². The van der Waals surface area contributed by atoms with Crippen LogP contribution >= 0.6 is 0 Å². The Bertz CT molecular complexity index is 659. The molecule has 25 heavy (non-hydrogen) atoms. The van der Waals surface area contributed by atoms with E-state index >= 15 is 0 Å². The van der Waals surface area contributed by atoms with Crippen LogP contribution in [0.2, 0.25) is 0 Å². The monoisotopic (exact) mass is 337 g/mol. The molecule has 0 aromatic heterocycles. The fraction of sp³-hybridized carbons (Fsp3) is 0.381. The van der Waals surface area contributed by atoms with Crippen molar-refractivity contribution in [1.29, 1.82) is 0 Å². The van der Waals surface area contributed by atoms with Crippen LogP contribution in [0.3, 0.4) is 0 Å². The Morgan fingerprint density at radius 3 is 2.52 bits per heavy atom. The molecular weight excluding hydrogens is 310 g/mol. The molecule has 0 aliphatic carbocycles. The van der Waals surface area contributed by atoms with E-state index in [1.165, 1.54) is 5.56 Å². The SMILES string of the molecule is C[C@H]1CNCCN1CC(=O)NC(Cc1ccccc1)c1ccccc1. The highest BCUT2D eigenvalue weighted by Gasteiger charge is 2.22. The average Bonchev–Trinajstić information content (AvgIpc) is 2.65. The molecule has 132 valence electrons. The van der Waals surface area contributed by atoms with Crippen LogP contribution in [0.1, 0.15) is 24.1 Å². The Kier molecular flexibility index (Phi) is 6.20. The lowest BCUT2D eigenvalue weighted by Gasteiger charge is -2.33. The maximum Gasteiger partial charge on any atom is 0.234 e.